The maximum absolute atomic E-state index is 12.8. The topological polar surface area (TPSA) is 53.0 Å². The molecule has 2 fully saturated rings. The monoisotopic (exact) mass is 588 g/mol. The molecule has 8 heteroatoms. The predicted octanol–water partition coefficient (Wildman–Crippen LogP) is 7.67. The SMILES string of the molecule is Cl.O=C1OCC(CCCN2CCC(c3ccc(O)cc3)CC2)(c2ccc(Cl)c(Cl)c2)CN1Cc1ccccc1. The second-order valence-corrected chi connectivity index (χ2v) is 11.4. The van der Waals surface area contributed by atoms with Crippen molar-refractivity contribution in [3.63, 3.8) is 0 Å². The smallest absolute Gasteiger partial charge is 0.410 e. The average Bonchev–Trinajstić information content (AvgIpc) is 2.93. The number of hydrogen-bond donors (Lipinski definition) is 1. The highest BCUT2D eigenvalue weighted by atomic mass is 35.5. The fourth-order valence-electron chi connectivity index (χ4n) is 5.86. The summed E-state index contributed by atoms with van der Waals surface area (Å²) in [7, 11) is 0. The van der Waals surface area contributed by atoms with Crippen LogP contribution in [-0.2, 0) is 16.7 Å². The van der Waals surface area contributed by atoms with Crippen molar-refractivity contribution in [1.29, 1.82) is 0 Å². The van der Waals surface area contributed by atoms with E-state index in [-0.39, 0.29) is 23.9 Å². The van der Waals surface area contributed by atoms with E-state index >= 15 is 0 Å². The molecule has 0 spiro atoms. The fraction of sp³-hybridized carbons (Fsp3) is 0.387. The van der Waals surface area contributed by atoms with Gasteiger partial charge in [0.1, 0.15) is 12.4 Å². The molecule has 0 aliphatic carbocycles. The van der Waals surface area contributed by atoms with Crippen LogP contribution >= 0.6 is 35.6 Å². The van der Waals surface area contributed by atoms with Gasteiger partial charge in [-0.25, -0.2) is 4.79 Å². The van der Waals surface area contributed by atoms with E-state index in [0.29, 0.717) is 41.4 Å². The summed E-state index contributed by atoms with van der Waals surface area (Å²) in [5.41, 5.74) is 3.08. The summed E-state index contributed by atoms with van der Waals surface area (Å²) in [6, 6.07) is 23.5. The van der Waals surface area contributed by atoms with Gasteiger partial charge in [0.15, 0.2) is 0 Å². The highest BCUT2D eigenvalue weighted by Crippen LogP contribution is 2.38. The van der Waals surface area contributed by atoms with Crippen molar-refractivity contribution in [3.05, 3.63) is 99.5 Å². The first-order valence-corrected chi connectivity index (χ1v) is 14.1. The van der Waals surface area contributed by atoms with Crippen LogP contribution in [0.1, 0.15) is 48.3 Å². The van der Waals surface area contributed by atoms with Crippen molar-refractivity contribution in [2.75, 3.05) is 32.8 Å². The Hall–Kier alpha value is -2.44. The van der Waals surface area contributed by atoms with Gasteiger partial charge in [0.05, 0.1) is 10.0 Å². The van der Waals surface area contributed by atoms with Crippen molar-refractivity contribution in [3.8, 4) is 5.75 Å². The largest absolute Gasteiger partial charge is 0.508 e. The number of benzene rings is 3. The molecule has 0 aromatic heterocycles. The molecule has 0 saturated carbocycles. The van der Waals surface area contributed by atoms with E-state index < -0.39 is 0 Å². The number of rotatable bonds is 8. The summed E-state index contributed by atoms with van der Waals surface area (Å²) in [6.07, 6.45) is 3.82. The average molecular weight is 590 g/mol. The van der Waals surface area contributed by atoms with Crippen molar-refractivity contribution >= 4 is 41.7 Å². The first kappa shape index (κ1) is 29.5. The number of amides is 1. The van der Waals surface area contributed by atoms with Gasteiger partial charge in [-0.1, -0.05) is 71.7 Å². The minimum absolute atomic E-state index is 0. The molecule has 1 amide bonds. The Kier molecular flexibility index (Phi) is 10.1. The number of ether oxygens (including phenoxy) is 1. The lowest BCUT2D eigenvalue weighted by Gasteiger charge is -2.43. The van der Waals surface area contributed by atoms with Gasteiger partial charge in [0, 0.05) is 18.5 Å². The minimum Gasteiger partial charge on any atom is -0.508 e. The molecular weight excluding hydrogens is 555 g/mol. The summed E-state index contributed by atoms with van der Waals surface area (Å²) in [5, 5.41) is 10.6. The molecule has 0 radical (unpaired) electrons. The molecule has 1 unspecified atom stereocenters. The van der Waals surface area contributed by atoms with Crippen LogP contribution in [0, 0.1) is 0 Å². The molecular formula is C31H35Cl3N2O3. The Morgan fingerprint density at radius 1 is 0.949 bits per heavy atom. The van der Waals surface area contributed by atoms with Crippen LogP contribution in [0.4, 0.5) is 4.79 Å². The zero-order valence-corrected chi connectivity index (χ0v) is 24.2. The predicted molar refractivity (Wildman–Crippen MR) is 159 cm³/mol. The fourth-order valence-corrected chi connectivity index (χ4v) is 6.16. The lowest BCUT2D eigenvalue weighted by Crippen LogP contribution is -2.52. The lowest BCUT2D eigenvalue weighted by molar-refractivity contribution is 0.0193. The van der Waals surface area contributed by atoms with Crippen LogP contribution in [-0.4, -0.2) is 53.8 Å². The second-order valence-electron chi connectivity index (χ2n) is 10.6. The third kappa shape index (κ3) is 7.20. The number of carbonyl (C=O) groups is 1. The number of phenolic OH excluding ortho intramolecular Hbond substituents is 1. The molecule has 208 valence electrons. The van der Waals surface area contributed by atoms with Gasteiger partial charge in [-0.15, -0.1) is 12.4 Å². The van der Waals surface area contributed by atoms with Gasteiger partial charge in [0.25, 0.3) is 0 Å². The lowest BCUT2D eigenvalue weighted by atomic mass is 9.76. The van der Waals surface area contributed by atoms with Crippen molar-refractivity contribution < 1.29 is 14.6 Å². The molecule has 5 nitrogen and oxygen atoms in total. The molecule has 2 heterocycles. The van der Waals surface area contributed by atoms with Crippen LogP contribution in [0.2, 0.25) is 10.0 Å². The zero-order valence-electron chi connectivity index (χ0n) is 21.9. The Morgan fingerprint density at radius 2 is 1.67 bits per heavy atom. The van der Waals surface area contributed by atoms with E-state index in [1.54, 1.807) is 12.1 Å². The summed E-state index contributed by atoms with van der Waals surface area (Å²) >= 11 is 12.7. The number of phenols is 1. The van der Waals surface area contributed by atoms with Crippen molar-refractivity contribution in [2.24, 2.45) is 0 Å². The minimum atomic E-state index is -0.360. The standard InChI is InChI=1S/C31H34Cl2N2O3.ClH/c32-28-12-9-26(19-29(28)33)31(21-35(30(37)38-22-31)20-23-5-2-1-3-6-23)15-4-16-34-17-13-25(14-18-34)24-7-10-27(36)11-8-24;/h1-3,5-12,19,25,36H,4,13-18,20-22H2;1H. The number of carbonyl (C=O) groups excluding carboxylic acids is 1. The maximum Gasteiger partial charge on any atom is 0.410 e. The van der Waals surface area contributed by atoms with E-state index in [2.05, 4.69) is 4.90 Å². The Balaban J connectivity index is 0.00000353. The third-order valence-corrected chi connectivity index (χ3v) is 8.79. The van der Waals surface area contributed by atoms with Crippen LogP contribution in [0.25, 0.3) is 0 Å². The highest BCUT2D eigenvalue weighted by Gasteiger charge is 2.42. The summed E-state index contributed by atoms with van der Waals surface area (Å²) in [6.45, 7) is 4.52. The van der Waals surface area contributed by atoms with Crippen molar-refractivity contribution in [2.45, 2.75) is 43.6 Å². The molecule has 2 aliphatic rings. The van der Waals surface area contributed by atoms with E-state index in [9.17, 15) is 9.90 Å². The van der Waals surface area contributed by atoms with Gasteiger partial charge in [-0.3, -0.25) is 0 Å². The molecule has 1 N–H and O–H groups in total. The summed E-state index contributed by atoms with van der Waals surface area (Å²) in [4.78, 5) is 17.1. The molecule has 3 aromatic rings. The first-order valence-electron chi connectivity index (χ1n) is 13.3. The number of likely N-dealkylation sites (tertiary alicyclic amines) is 1. The van der Waals surface area contributed by atoms with Gasteiger partial charge in [-0.2, -0.15) is 0 Å². The van der Waals surface area contributed by atoms with E-state index in [4.69, 9.17) is 27.9 Å². The normalized spacial score (nSPS) is 20.4. The number of nitrogens with zero attached hydrogens (tertiary/aromatic N) is 2. The molecule has 0 bridgehead atoms. The first-order chi connectivity index (χ1) is 18.4. The summed E-state index contributed by atoms with van der Waals surface area (Å²) in [5.74, 6) is 0.858. The van der Waals surface area contributed by atoms with Gasteiger partial charge >= 0.3 is 6.09 Å². The third-order valence-electron chi connectivity index (χ3n) is 8.05. The number of piperidine rings is 1. The second kappa shape index (κ2) is 13.3. The number of hydrogen-bond acceptors (Lipinski definition) is 4. The highest BCUT2D eigenvalue weighted by molar-refractivity contribution is 6.42. The van der Waals surface area contributed by atoms with Crippen molar-refractivity contribution in [1.82, 2.24) is 9.80 Å². The maximum atomic E-state index is 12.8. The molecule has 1 atom stereocenters. The van der Waals surface area contributed by atoms with Crippen LogP contribution < -0.4 is 0 Å². The van der Waals surface area contributed by atoms with Gasteiger partial charge in [0.2, 0.25) is 0 Å². The number of aromatic hydroxyl groups is 1. The van der Waals surface area contributed by atoms with Crippen LogP contribution in [0.5, 0.6) is 5.75 Å². The van der Waals surface area contributed by atoms with Gasteiger partial charge in [-0.05, 0) is 92.2 Å². The Labute approximate surface area is 247 Å². The van der Waals surface area contributed by atoms with Crippen LogP contribution in [0.3, 0.4) is 0 Å². The Morgan fingerprint density at radius 3 is 2.36 bits per heavy atom. The molecule has 5 rings (SSSR count). The van der Waals surface area contributed by atoms with Crippen LogP contribution in [0.15, 0.2) is 72.8 Å². The summed E-state index contributed by atoms with van der Waals surface area (Å²) < 4.78 is 5.80. The zero-order chi connectivity index (χ0) is 26.5. The van der Waals surface area contributed by atoms with E-state index in [1.807, 2.05) is 65.6 Å². The quantitative estimate of drug-likeness (QED) is 0.293. The molecule has 2 aliphatic heterocycles. The van der Waals surface area contributed by atoms with Gasteiger partial charge < -0.3 is 19.6 Å². The Bertz CT molecular complexity index is 1230. The molecule has 3 aromatic carbocycles. The van der Waals surface area contributed by atoms with E-state index in [0.717, 1.165) is 56.4 Å². The number of halogens is 3. The molecule has 2 saturated heterocycles. The van der Waals surface area contributed by atoms with E-state index in [1.165, 1.54) is 5.56 Å². The number of cyclic esters (lactones) is 1. The molecule has 39 heavy (non-hydrogen) atoms.